The molecule has 0 atom stereocenters. The molecule has 0 aromatic heterocycles. The Morgan fingerprint density at radius 3 is 2.38 bits per heavy atom. The number of benzene rings is 1. The van der Waals surface area contributed by atoms with Gasteiger partial charge in [0.1, 0.15) is 12.4 Å². The number of aryl methyl sites for hydroxylation is 3. The second kappa shape index (κ2) is 7.81. The monoisotopic (exact) mass is 290 g/mol. The number of piperidine rings is 1. The van der Waals surface area contributed by atoms with E-state index in [1.165, 1.54) is 42.6 Å². The molecular formula is C18H30N2O. The second-order valence-electron chi connectivity index (χ2n) is 6.53. The van der Waals surface area contributed by atoms with Crippen LogP contribution in [-0.4, -0.2) is 44.7 Å². The third-order valence-corrected chi connectivity index (χ3v) is 4.40. The SMILES string of the molecule is Cc1cc(C)c(OCCNCC2CCN(C)CC2)c(C)c1. The molecule has 0 spiro atoms. The molecular weight excluding hydrogens is 260 g/mol. The van der Waals surface area contributed by atoms with Gasteiger partial charge in [0.2, 0.25) is 0 Å². The average Bonchev–Trinajstić information content (AvgIpc) is 2.43. The van der Waals surface area contributed by atoms with Crippen LogP contribution < -0.4 is 10.1 Å². The van der Waals surface area contributed by atoms with E-state index in [-0.39, 0.29) is 0 Å². The van der Waals surface area contributed by atoms with Crippen molar-refractivity contribution in [3.05, 3.63) is 28.8 Å². The summed E-state index contributed by atoms with van der Waals surface area (Å²) in [6.45, 7) is 11.7. The van der Waals surface area contributed by atoms with Crippen molar-refractivity contribution in [2.24, 2.45) is 5.92 Å². The van der Waals surface area contributed by atoms with Gasteiger partial charge >= 0.3 is 0 Å². The Hall–Kier alpha value is -1.06. The van der Waals surface area contributed by atoms with Gasteiger partial charge in [-0.1, -0.05) is 17.7 Å². The van der Waals surface area contributed by atoms with Crippen molar-refractivity contribution in [2.75, 3.05) is 39.8 Å². The zero-order chi connectivity index (χ0) is 15.2. The first-order valence-corrected chi connectivity index (χ1v) is 8.16. The lowest BCUT2D eigenvalue weighted by molar-refractivity contribution is 0.213. The average molecular weight is 290 g/mol. The van der Waals surface area contributed by atoms with Crippen molar-refractivity contribution in [3.63, 3.8) is 0 Å². The molecule has 0 saturated carbocycles. The first-order chi connectivity index (χ1) is 10.1. The molecule has 118 valence electrons. The van der Waals surface area contributed by atoms with Crippen LogP contribution in [0.1, 0.15) is 29.5 Å². The summed E-state index contributed by atoms with van der Waals surface area (Å²) in [6.07, 6.45) is 2.64. The molecule has 3 nitrogen and oxygen atoms in total. The van der Waals surface area contributed by atoms with Gasteiger partial charge < -0.3 is 15.0 Å². The summed E-state index contributed by atoms with van der Waals surface area (Å²) in [5, 5.41) is 3.55. The van der Waals surface area contributed by atoms with E-state index in [1.807, 2.05) is 0 Å². The molecule has 1 N–H and O–H groups in total. The number of hydrogen-bond donors (Lipinski definition) is 1. The van der Waals surface area contributed by atoms with Crippen LogP contribution >= 0.6 is 0 Å². The van der Waals surface area contributed by atoms with Gasteiger partial charge in [-0.3, -0.25) is 0 Å². The molecule has 0 bridgehead atoms. The van der Waals surface area contributed by atoms with E-state index in [2.05, 4.69) is 50.2 Å². The predicted molar refractivity (Wildman–Crippen MR) is 89.2 cm³/mol. The topological polar surface area (TPSA) is 24.5 Å². The van der Waals surface area contributed by atoms with Crippen LogP contribution in [0.25, 0.3) is 0 Å². The minimum atomic E-state index is 0.747. The molecule has 2 rings (SSSR count). The summed E-state index contributed by atoms with van der Waals surface area (Å²) < 4.78 is 5.96. The quantitative estimate of drug-likeness (QED) is 0.815. The number of nitrogens with one attached hydrogen (secondary N) is 1. The van der Waals surface area contributed by atoms with Gasteiger partial charge in [0, 0.05) is 6.54 Å². The summed E-state index contributed by atoms with van der Waals surface area (Å²) in [4.78, 5) is 2.42. The van der Waals surface area contributed by atoms with E-state index < -0.39 is 0 Å². The lowest BCUT2D eigenvalue weighted by Crippen LogP contribution is -2.36. The van der Waals surface area contributed by atoms with Crippen LogP contribution in [0.4, 0.5) is 0 Å². The Morgan fingerprint density at radius 1 is 1.14 bits per heavy atom. The summed E-state index contributed by atoms with van der Waals surface area (Å²) in [6, 6.07) is 4.38. The highest BCUT2D eigenvalue weighted by atomic mass is 16.5. The molecule has 1 aliphatic rings. The molecule has 0 radical (unpaired) electrons. The third kappa shape index (κ3) is 5.01. The van der Waals surface area contributed by atoms with Crippen LogP contribution in [0.15, 0.2) is 12.1 Å². The lowest BCUT2D eigenvalue weighted by Gasteiger charge is -2.29. The Morgan fingerprint density at radius 2 is 1.76 bits per heavy atom. The molecule has 21 heavy (non-hydrogen) atoms. The minimum Gasteiger partial charge on any atom is -0.492 e. The summed E-state index contributed by atoms with van der Waals surface area (Å²) in [5.41, 5.74) is 3.78. The molecule has 1 heterocycles. The number of nitrogens with zero attached hydrogens (tertiary/aromatic N) is 1. The smallest absolute Gasteiger partial charge is 0.125 e. The predicted octanol–water partition coefficient (Wildman–Crippen LogP) is 2.92. The Kier molecular flexibility index (Phi) is 6.07. The van der Waals surface area contributed by atoms with Crippen molar-refractivity contribution in [2.45, 2.75) is 33.6 Å². The van der Waals surface area contributed by atoms with Crippen molar-refractivity contribution in [1.82, 2.24) is 10.2 Å². The molecule has 0 amide bonds. The normalized spacial score (nSPS) is 17.1. The molecule has 3 heteroatoms. The largest absolute Gasteiger partial charge is 0.492 e. The number of ether oxygens (including phenoxy) is 1. The van der Waals surface area contributed by atoms with Gasteiger partial charge in [0.05, 0.1) is 0 Å². The first-order valence-electron chi connectivity index (χ1n) is 8.16. The van der Waals surface area contributed by atoms with E-state index in [9.17, 15) is 0 Å². The van der Waals surface area contributed by atoms with Gasteiger partial charge in [-0.05, 0) is 77.3 Å². The highest BCUT2D eigenvalue weighted by molar-refractivity contribution is 5.42. The van der Waals surface area contributed by atoms with Crippen LogP contribution in [0, 0.1) is 26.7 Å². The van der Waals surface area contributed by atoms with E-state index in [4.69, 9.17) is 4.74 Å². The van der Waals surface area contributed by atoms with Crippen molar-refractivity contribution < 1.29 is 4.74 Å². The molecule has 0 unspecified atom stereocenters. The Balaban J connectivity index is 1.66. The maximum Gasteiger partial charge on any atom is 0.125 e. The Labute approximate surface area is 129 Å². The molecule has 1 aromatic carbocycles. The van der Waals surface area contributed by atoms with Gasteiger partial charge in [-0.15, -0.1) is 0 Å². The van der Waals surface area contributed by atoms with Gasteiger partial charge in [-0.2, -0.15) is 0 Å². The zero-order valence-electron chi connectivity index (χ0n) is 14.0. The molecule has 1 aliphatic heterocycles. The highest BCUT2D eigenvalue weighted by Gasteiger charge is 2.15. The molecule has 0 aliphatic carbocycles. The summed E-state index contributed by atoms with van der Waals surface area (Å²) >= 11 is 0. The van der Waals surface area contributed by atoms with Crippen molar-refractivity contribution >= 4 is 0 Å². The fourth-order valence-corrected chi connectivity index (χ4v) is 3.19. The van der Waals surface area contributed by atoms with E-state index >= 15 is 0 Å². The maximum absolute atomic E-state index is 5.96. The second-order valence-corrected chi connectivity index (χ2v) is 6.53. The van der Waals surface area contributed by atoms with Crippen LogP contribution in [-0.2, 0) is 0 Å². The lowest BCUT2D eigenvalue weighted by atomic mass is 9.97. The van der Waals surface area contributed by atoms with Crippen molar-refractivity contribution in [3.8, 4) is 5.75 Å². The fourth-order valence-electron chi connectivity index (χ4n) is 3.19. The van der Waals surface area contributed by atoms with E-state index in [1.54, 1.807) is 0 Å². The fraction of sp³-hybridized carbons (Fsp3) is 0.667. The van der Waals surface area contributed by atoms with Crippen LogP contribution in [0.2, 0.25) is 0 Å². The van der Waals surface area contributed by atoms with Crippen molar-refractivity contribution in [1.29, 1.82) is 0 Å². The van der Waals surface area contributed by atoms with E-state index in [0.717, 1.165) is 31.4 Å². The number of likely N-dealkylation sites (tertiary alicyclic amines) is 1. The van der Waals surface area contributed by atoms with Gasteiger partial charge in [0.15, 0.2) is 0 Å². The zero-order valence-corrected chi connectivity index (χ0v) is 14.0. The third-order valence-electron chi connectivity index (χ3n) is 4.40. The summed E-state index contributed by atoms with van der Waals surface area (Å²) in [5.74, 6) is 1.89. The van der Waals surface area contributed by atoms with Gasteiger partial charge in [0.25, 0.3) is 0 Å². The standard InChI is InChI=1S/C18H30N2O/c1-14-11-15(2)18(16(3)12-14)21-10-7-19-13-17-5-8-20(4)9-6-17/h11-12,17,19H,5-10,13H2,1-4H3. The first kappa shape index (κ1) is 16.3. The highest BCUT2D eigenvalue weighted by Crippen LogP contribution is 2.24. The minimum absolute atomic E-state index is 0.747. The maximum atomic E-state index is 5.96. The molecule has 1 saturated heterocycles. The van der Waals surface area contributed by atoms with E-state index in [0.29, 0.717) is 0 Å². The molecule has 1 aromatic rings. The number of rotatable bonds is 6. The Bertz CT molecular complexity index is 428. The van der Waals surface area contributed by atoms with Crippen LogP contribution in [0.5, 0.6) is 5.75 Å². The van der Waals surface area contributed by atoms with Gasteiger partial charge in [-0.25, -0.2) is 0 Å². The summed E-state index contributed by atoms with van der Waals surface area (Å²) in [7, 11) is 2.21. The molecule has 1 fully saturated rings. The van der Waals surface area contributed by atoms with Crippen LogP contribution in [0.3, 0.4) is 0 Å². The number of hydrogen-bond acceptors (Lipinski definition) is 3.